The maximum absolute atomic E-state index is 12.1. The topological polar surface area (TPSA) is 76.7 Å². The Bertz CT molecular complexity index is 785. The molecule has 2 N–H and O–H groups in total. The van der Waals surface area contributed by atoms with E-state index >= 15 is 0 Å². The van der Waals surface area contributed by atoms with Gasteiger partial charge in [-0.05, 0) is 61.2 Å². The highest BCUT2D eigenvalue weighted by molar-refractivity contribution is 5.95. The number of amides is 2. The van der Waals surface area contributed by atoms with Crippen LogP contribution in [0.1, 0.15) is 35.3 Å². The van der Waals surface area contributed by atoms with Crippen molar-refractivity contribution in [2.45, 2.75) is 27.7 Å². The largest absolute Gasteiger partial charge is 0.493 e. The Labute approximate surface area is 159 Å². The van der Waals surface area contributed by atoms with Gasteiger partial charge in [-0.2, -0.15) is 0 Å². The van der Waals surface area contributed by atoms with Crippen LogP contribution in [0.4, 0.5) is 0 Å². The van der Waals surface area contributed by atoms with E-state index in [0.717, 1.165) is 11.1 Å². The monoisotopic (exact) mass is 370 g/mol. The van der Waals surface area contributed by atoms with E-state index in [-0.39, 0.29) is 6.61 Å². The molecule has 0 bridgehead atoms. The fourth-order valence-electron chi connectivity index (χ4n) is 2.21. The molecule has 0 radical (unpaired) electrons. The summed E-state index contributed by atoms with van der Waals surface area (Å²) < 4.78 is 11.1. The van der Waals surface area contributed by atoms with E-state index in [9.17, 15) is 9.59 Å². The molecule has 0 unspecified atom stereocenters. The van der Waals surface area contributed by atoms with E-state index < -0.39 is 11.8 Å². The number of aryl methyl sites for hydroxylation is 2. The van der Waals surface area contributed by atoms with E-state index in [1.165, 1.54) is 0 Å². The second-order valence-electron chi connectivity index (χ2n) is 6.79. The van der Waals surface area contributed by atoms with Crippen LogP contribution in [0.25, 0.3) is 0 Å². The van der Waals surface area contributed by atoms with Crippen molar-refractivity contribution in [2.75, 3.05) is 13.2 Å². The fourth-order valence-corrected chi connectivity index (χ4v) is 2.21. The zero-order valence-electron chi connectivity index (χ0n) is 16.2. The summed E-state index contributed by atoms with van der Waals surface area (Å²) in [6.45, 7) is 8.41. The normalized spacial score (nSPS) is 10.4. The fraction of sp³-hybridized carbons (Fsp3) is 0.333. The Morgan fingerprint density at radius 1 is 0.963 bits per heavy atom. The number of carbonyl (C=O) groups is 2. The van der Waals surface area contributed by atoms with Crippen LogP contribution in [0, 0.1) is 19.8 Å². The summed E-state index contributed by atoms with van der Waals surface area (Å²) in [7, 11) is 0. The van der Waals surface area contributed by atoms with Crippen LogP contribution in [0.15, 0.2) is 42.5 Å². The first kappa shape index (κ1) is 20.3. The molecule has 2 amide bonds. The molecular weight excluding hydrogens is 344 g/mol. The minimum absolute atomic E-state index is 0.188. The number of hydrazine groups is 1. The lowest BCUT2D eigenvalue weighted by Gasteiger charge is -2.11. The van der Waals surface area contributed by atoms with Crippen LogP contribution in [-0.4, -0.2) is 25.0 Å². The van der Waals surface area contributed by atoms with Gasteiger partial charge in [-0.3, -0.25) is 20.4 Å². The molecule has 0 aromatic heterocycles. The summed E-state index contributed by atoms with van der Waals surface area (Å²) in [6, 6.07) is 12.5. The Morgan fingerprint density at radius 3 is 2.33 bits per heavy atom. The molecule has 2 aromatic rings. The lowest BCUT2D eigenvalue weighted by Crippen LogP contribution is -2.43. The lowest BCUT2D eigenvalue weighted by atomic mass is 10.1. The van der Waals surface area contributed by atoms with Gasteiger partial charge in [0.25, 0.3) is 11.8 Å². The SMILES string of the molecule is Cc1ccc(C)c(OCC(=O)NNC(=O)c2ccc(OCC(C)C)cc2)c1. The zero-order chi connectivity index (χ0) is 19.8. The first-order valence-electron chi connectivity index (χ1n) is 8.87. The van der Waals surface area contributed by atoms with E-state index in [2.05, 4.69) is 24.7 Å². The number of benzene rings is 2. The van der Waals surface area contributed by atoms with Crippen molar-refractivity contribution in [1.29, 1.82) is 0 Å². The summed E-state index contributed by atoms with van der Waals surface area (Å²) in [6.07, 6.45) is 0. The van der Waals surface area contributed by atoms with Crippen molar-refractivity contribution >= 4 is 11.8 Å². The van der Waals surface area contributed by atoms with E-state index in [4.69, 9.17) is 9.47 Å². The minimum atomic E-state index is -0.443. The molecule has 27 heavy (non-hydrogen) atoms. The summed E-state index contributed by atoms with van der Waals surface area (Å²) in [5.74, 6) is 0.917. The molecule has 0 spiro atoms. The van der Waals surface area contributed by atoms with E-state index in [1.54, 1.807) is 24.3 Å². The summed E-state index contributed by atoms with van der Waals surface area (Å²) in [5, 5.41) is 0. The first-order valence-corrected chi connectivity index (χ1v) is 8.87. The highest BCUT2D eigenvalue weighted by Gasteiger charge is 2.09. The Morgan fingerprint density at radius 2 is 1.67 bits per heavy atom. The smallest absolute Gasteiger partial charge is 0.276 e. The van der Waals surface area contributed by atoms with Crippen LogP contribution >= 0.6 is 0 Å². The predicted octanol–water partition coefficient (Wildman–Crippen LogP) is 3.18. The van der Waals surface area contributed by atoms with E-state index in [0.29, 0.717) is 29.6 Å². The molecule has 6 nitrogen and oxygen atoms in total. The van der Waals surface area contributed by atoms with Gasteiger partial charge in [0.05, 0.1) is 6.61 Å². The molecule has 2 rings (SSSR count). The number of carbonyl (C=O) groups excluding carboxylic acids is 2. The second kappa shape index (κ2) is 9.62. The maximum Gasteiger partial charge on any atom is 0.276 e. The van der Waals surface area contributed by atoms with Gasteiger partial charge >= 0.3 is 0 Å². The molecule has 0 saturated carbocycles. The second-order valence-corrected chi connectivity index (χ2v) is 6.79. The molecule has 0 fully saturated rings. The van der Waals surface area contributed by atoms with Gasteiger partial charge in [-0.1, -0.05) is 26.0 Å². The highest BCUT2D eigenvalue weighted by atomic mass is 16.5. The summed E-state index contributed by atoms with van der Waals surface area (Å²) in [5.41, 5.74) is 7.12. The third kappa shape index (κ3) is 6.66. The number of nitrogens with one attached hydrogen (secondary N) is 2. The Kier molecular flexibility index (Phi) is 7.23. The van der Waals surface area contributed by atoms with Crippen molar-refractivity contribution < 1.29 is 19.1 Å². The van der Waals surface area contributed by atoms with Crippen molar-refractivity contribution in [3.63, 3.8) is 0 Å². The number of hydrogen-bond donors (Lipinski definition) is 2. The summed E-state index contributed by atoms with van der Waals surface area (Å²) >= 11 is 0. The highest BCUT2D eigenvalue weighted by Crippen LogP contribution is 2.18. The van der Waals surface area contributed by atoms with Crippen LogP contribution in [0.2, 0.25) is 0 Å². The molecule has 6 heteroatoms. The van der Waals surface area contributed by atoms with Crippen molar-refractivity contribution in [1.82, 2.24) is 10.9 Å². The first-order chi connectivity index (χ1) is 12.8. The molecular formula is C21H26N2O4. The molecule has 0 heterocycles. The predicted molar refractivity (Wildman–Crippen MR) is 104 cm³/mol. The average molecular weight is 370 g/mol. The number of hydrogen-bond acceptors (Lipinski definition) is 4. The molecule has 0 aliphatic carbocycles. The van der Waals surface area contributed by atoms with Gasteiger partial charge in [0.15, 0.2) is 6.61 Å². The van der Waals surface area contributed by atoms with Gasteiger partial charge < -0.3 is 9.47 Å². The van der Waals surface area contributed by atoms with Gasteiger partial charge in [0, 0.05) is 5.56 Å². The molecule has 0 atom stereocenters. The number of ether oxygens (including phenoxy) is 2. The van der Waals surface area contributed by atoms with Crippen LogP contribution in [-0.2, 0) is 4.79 Å². The average Bonchev–Trinajstić information content (AvgIpc) is 2.65. The molecule has 0 saturated heterocycles. The third-order valence-corrected chi connectivity index (χ3v) is 3.72. The van der Waals surface area contributed by atoms with Gasteiger partial charge in [-0.25, -0.2) is 0 Å². The van der Waals surface area contributed by atoms with Crippen molar-refractivity contribution in [2.24, 2.45) is 5.92 Å². The van der Waals surface area contributed by atoms with E-state index in [1.807, 2.05) is 32.0 Å². The minimum Gasteiger partial charge on any atom is -0.493 e. The van der Waals surface area contributed by atoms with Crippen molar-refractivity contribution in [3.8, 4) is 11.5 Å². The molecule has 144 valence electrons. The standard InChI is InChI=1S/C21H26N2O4/c1-14(2)12-26-18-9-7-17(8-10-18)21(25)23-22-20(24)13-27-19-11-15(3)5-6-16(19)4/h5-11,14H,12-13H2,1-4H3,(H,22,24)(H,23,25). The van der Waals surface area contributed by atoms with Gasteiger partial charge in [0.2, 0.25) is 0 Å². The number of rotatable bonds is 7. The Hall–Kier alpha value is -3.02. The lowest BCUT2D eigenvalue weighted by molar-refractivity contribution is -0.123. The molecule has 0 aliphatic heterocycles. The van der Waals surface area contributed by atoms with Crippen LogP contribution in [0.3, 0.4) is 0 Å². The molecule has 0 aliphatic rings. The summed E-state index contributed by atoms with van der Waals surface area (Å²) in [4.78, 5) is 24.0. The van der Waals surface area contributed by atoms with Gasteiger partial charge in [0.1, 0.15) is 11.5 Å². The molecule has 2 aromatic carbocycles. The Balaban J connectivity index is 1.79. The maximum atomic E-state index is 12.1. The van der Waals surface area contributed by atoms with Gasteiger partial charge in [-0.15, -0.1) is 0 Å². The quantitative estimate of drug-likeness (QED) is 0.734. The van der Waals surface area contributed by atoms with Crippen LogP contribution in [0.5, 0.6) is 11.5 Å². The van der Waals surface area contributed by atoms with Crippen molar-refractivity contribution in [3.05, 3.63) is 59.2 Å². The third-order valence-electron chi connectivity index (χ3n) is 3.72. The van der Waals surface area contributed by atoms with Crippen LogP contribution < -0.4 is 20.3 Å². The zero-order valence-corrected chi connectivity index (χ0v) is 16.2.